The molecule has 0 aliphatic rings. The molecule has 0 saturated heterocycles. The van der Waals surface area contributed by atoms with Crippen LogP contribution in [0.25, 0.3) is 0 Å². The van der Waals surface area contributed by atoms with E-state index in [9.17, 15) is 19.2 Å². The molecule has 1 rings (SSSR count). The summed E-state index contributed by atoms with van der Waals surface area (Å²) in [5, 5.41) is 2.30. The number of hydrogen-bond donors (Lipinski definition) is 3. The maximum Gasteiger partial charge on any atom is 0.327 e. The van der Waals surface area contributed by atoms with Gasteiger partial charge in [0.15, 0.2) is 0 Å². The number of H-pyrrole nitrogens is 2. The normalized spacial score (nSPS) is 9.83. The topological polar surface area (TPSA) is 121 Å². The van der Waals surface area contributed by atoms with E-state index in [2.05, 4.69) is 15.0 Å². The average molecular weight is 255 g/mol. The summed E-state index contributed by atoms with van der Waals surface area (Å²) in [4.78, 5) is 48.4. The molecular weight excluding hydrogens is 242 g/mol. The molecule has 0 aromatic carbocycles. The van der Waals surface area contributed by atoms with Crippen LogP contribution in [0.2, 0.25) is 0 Å². The van der Waals surface area contributed by atoms with Crippen molar-refractivity contribution >= 4 is 17.7 Å². The first kappa shape index (κ1) is 13.7. The predicted octanol–water partition coefficient (Wildman–Crippen LogP) is -0.655. The Morgan fingerprint density at radius 2 is 2.00 bits per heavy atom. The molecule has 1 amide bonds. The summed E-state index contributed by atoms with van der Waals surface area (Å²) in [5.41, 5.74) is -1.34. The molecule has 1 aromatic rings. The first-order valence-corrected chi connectivity index (χ1v) is 5.30. The molecule has 1 aromatic heterocycles. The van der Waals surface area contributed by atoms with E-state index in [-0.39, 0.29) is 25.3 Å². The lowest BCUT2D eigenvalue weighted by Gasteiger charge is -2.04. The lowest BCUT2D eigenvalue weighted by molar-refractivity contribution is -0.144. The lowest BCUT2D eigenvalue weighted by Crippen LogP contribution is -2.25. The fourth-order valence-corrected chi connectivity index (χ4v) is 1.20. The summed E-state index contributed by atoms with van der Waals surface area (Å²) < 4.78 is 4.65. The van der Waals surface area contributed by atoms with Gasteiger partial charge in [-0.3, -0.25) is 24.4 Å². The summed E-state index contributed by atoms with van der Waals surface area (Å²) in [6, 6.07) is 1.03. The zero-order valence-electron chi connectivity index (χ0n) is 9.74. The zero-order valence-corrected chi connectivity index (χ0v) is 9.74. The predicted molar refractivity (Wildman–Crippen MR) is 62.2 cm³/mol. The van der Waals surface area contributed by atoms with Crippen molar-refractivity contribution < 1.29 is 14.3 Å². The Bertz CT molecular complexity index is 517. The second kappa shape index (κ2) is 6.38. The number of ether oxygens (including phenoxy) is 1. The van der Waals surface area contributed by atoms with Gasteiger partial charge in [0.05, 0.1) is 13.0 Å². The average Bonchev–Trinajstić information content (AvgIpc) is 2.25. The molecule has 0 unspecified atom stereocenters. The van der Waals surface area contributed by atoms with Crippen LogP contribution in [0.3, 0.4) is 0 Å². The second-order valence-corrected chi connectivity index (χ2v) is 3.35. The fourth-order valence-electron chi connectivity index (χ4n) is 1.20. The molecule has 0 spiro atoms. The molecule has 0 atom stereocenters. The summed E-state index contributed by atoms with van der Waals surface area (Å²) in [7, 11) is 0. The minimum atomic E-state index is -0.719. The summed E-state index contributed by atoms with van der Waals surface area (Å²) in [6.07, 6.45) is -0.152. The van der Waals surface area contributed by atoms with E-state index >= 15 is 0 Å². The van der Waals surface area contributed by atoms with Crippen LogP contribution in [0, 0.1) is 0 Å². The molecule has 98 valence electrons. The third-order valence-electron chi connectivity index (χ3n) is 1.90. The van der Waals surface area contributed by atoms with Gasteiger partial charge in [0.1, 0.15) is 5.82 Å². The zero-order chi connectivity index (χ0) is 13.5. The second-order valence-electron chi connectivity index (χ2n) is 3.35. The molecule has 0 bridgehead atoms. The van der Waals surface area contributed by atoms with Crippen LogP contribution >= 0.6 is 0 Å². The summed E-state index contributed by atoms with van der Waals surface area (Å²) in [6.45, 7) is 1.92. The van der Waals surface area contributed by atoms with Gasteiger partial charge in [0, 0.05) is 12.5 Å². The van der Waals surface area contributed by atoms with Crippen LogP contribution in [0.15, 0.2) is 15.7 Å². The van der Waals surface area contributed by atoms with Gasteiger partial charge in [0.2, 0.25) is 5.91 Å². The highest BCUT2D eigenvalue weighted by atomic mass is 16.5. The van der Waals surface area contributed by atoms with E-state index in [1.165, 1.54) is 0 Å². The van der Waals surface area contributed by atoms with E-state index in [0.29, 0.717) is 0 Å². The molecule has 0 fully saturated rings. The minimum absolute atomic E-state index is 0.0161. The molecular formula is C10H13N3O5. The van der Waals surface area contributed by atoms with Gasteiger partial charge < -0.3 is 10.1 Å². The number of anilines is 1. The summed E-state index contributed by atoms with van der Waals surface area (Å²) >= 11 is 0. The number of aromatic amines is 2. The maximum atomic E-state index is 11.4. The van der Waals surface area contributed by atoms with E-state index in [0.717, 1.165) is 6.07 Å². The fraction of sp³-hybridized carbons (Fsp3) is 0.400. The van der Waals surface area contributed by atoms with Crippen LogP contribution in [0.1, 0.15) is 19.8 Å². The molecule has 0 saturated carbocycles. The van der Waals surface area contributed by atoms with Gasteiger partial charge in [-0.05, 0) is 6.92 Å². The van der Waals surface area contributed by atoms with E-state index in [1.807, 2.05) is 4.98 Å². The standard InChI is InChI=1S/C10H13N3O5/c1-2-18-9(16)4-3-7(14)11-6-5-8(15)13-10(17)12-6/h5H,2-4H2,1H3,(H3,11,12,13,14,15,17). The quantitative estimate of drug-likeness (QED) is 0.603. The number of amides is 1. The number of aromatic nitrogens is 2. The number of carbonyl (C=O) groups excluding carboxylic acids is 2. The van der Waals surface area contributed by atoms with Crippen molar-refractivity contribution in [2.24, 2.45) is 0 Å². The van der Waals surface area contributed by atoms with Crippen molar-refractivity contribution in [3.05, 3.63) is 26.9 Å². The van der Waals surface area contributed by atoms with Gasteiger partial charge in [0.25, 0.3) is 5.56 Å². The first-order chi connectivity index (χ1) is 8.51. The van der Waals surface area contributed by atoms with Crippen molar-refractivity contribution in [1.29, 1.82) is 0 Å². The van der Waals surface area contributed by atoms with Gasteiger partial charge >= 0.3 is 11.7 Å². The first-order valence-electron chi connectivity index (χ1n) is 5.30. The number of esters is 1. The number of nitrogens with one attached hydrogen (secondary N) is 3. The highest BCUT2D eigenvalue weighted by Crippen LogP contribution is 1.98. The smallest absolute Gasteiger partial charge is 0.327 e. The molecule has 8 nitrogen and oxygen atoms in total. The number of hydrogen-bond acceptors (Lipinski definition) is 5. The lowest BCUT2D eigenvalue weighted by atomic mass is 10.3. The molecule has 0 radical (unpaired) electrons. The molecule has 1 heterocycles. The monoisotopic (exact) mass is 255 g/mol. The van der Waals surface area contributed by atoms with Gasteiger partial charge in [-0.1, -0.05) is 0 Å². The molecule has 18 heavy (non-hydrogen) atoms. The minimum Gasteiger partial charge on any atom is -0.466 e. The van der Waals surface area contributed by atoms with Crippen molar-refractivity contribution in [1.82, 2.24) is 9.97 Å². The Labute approximate surface area is 101 Å². The highest BCUT2D eigenvalue weighted by Gasteiger charge is 2.08. The van der Waals surface area contributed by atoms with Crippen molar-refractivity contribution in [2.45, 2.75) is 19.8 Å². The largest absolute Gasteiger partial charge is 0.466 e. The van der Waals surface area contributed by atoms with E-state index in [4.69, 9.17) is 0 Å². The van der Waals surface area contributed by atoms with Gasteiger partial charge in [-0.25, -0.2) is 4.79 Å². The van der Waals surface area contributed by atoms with Crippen LogP contribution in [-0.2, 0) is 14.3 Å². The van der Waals surface area contributed by atoms with Crippen LogP contribution in [0.5, 0.6) is 0 Å². The SMILES string of the molecule is CCOC(=O)CCC(=O)Nc1cc(=O)[nH]c(=O)[nH]1. The molecule has 8 heteroatoms. The van der Waals surface area contributed by atoms with Crippen LogP contribution in [0.4, 0.5) is 5.82 Å². The molecule has 3 N–H and O–H groups in total. The number of rotatable bonds is 5. The number of carbonyl (C=O) groups is 2. The maximum absolute atomic E-state index is 11.4. The van der Waals surface area contributed by atoms with Crippen LogP contribution < -0.4 is 16.6 Å². The Morgan fingerprint density at radius 1 is 1.28 bits per heavy atom. The van der Waals surface area contributed by atoms with Crippen molar-refractivity contribution in [2.75, 3.05) is 11.9 Å². The third-order valence-corrected chi connectivity index (χ3v) is 1.90. The Balaban J connectivity index is 2.52. The Hall–Kier alpha value is -2.38. The van der Waals surface area contributed by atoms with Crippen LogP contribution in [-0.4, -0.2) is 28.5 Å². The molecule has 0 aliphatic heterocycles. The highest BCUT2D eigenvalue weighted by molar-refractivity contribution is 5.91. The van der Waals surface area contributed by atoms with Gasteiger partial charge in [-0.2, -0.15) is 0 Å². The Morgan fingerprint density at radius 3 is 2.61 bits per heavy atom. The Kier molecular flexibility index (Phi) is 4.85. The van der Waals surface area contributed by atoms with Crippen molar-refractivity contribution in [3.8, 4) is 0 Å². The summed E-state index contributed by atoms with van der Waals surface area (Å²) in [5.74, 6) is -0.992. The molecule has 0 aliphatic carbocycles. The van der Waals surface area contributed by atoms with Crippen molar-refractivity contribution in [3.63, 3.8) is 0 Å². The van der Waals surface area contributed by atoms with E-state index < -0.39 is 23.1 Å². The van der Waals surface area contributed by atoms with Gasteiger partial charge in [-0.15, -0.1) is 0 Å². The third kappa shape index (κ3) is 4.64. The van der Waals surface area contributed by atoms with E-state index in [1.54, 1.807) is 6.92 Å².